The number of aromatic nitrogens is 2. The molecule has 5 nitrogen and oxygen atoms in total. The molecular weight excluding hydrogens is 359 g/mol. The third-order valence-electron chi connectivity index (χ3n) is 3.88. The van der Waals surface area contributed by atoms with Gasteiger partial charge in [0.1, 0.15) is 5.02 Å². The highest BCUT2D eigenvalue weighted by atomic mass is 35.5. The quantitative estimate of drug-likeness (QED) is 0.891. The number of anilines is 1. The lowest BCUT2D eigenvalue weighted by molar-refractivity contribution is -0.137. The van der Waals surface area contributed by atoms with Crippen LogP contribution in [0.3, 0.4) is 0 Å². The molecule has 3 rings (SSSR count). The summed E-state index contributed by atoms with van der Waals surface area (Å²) in [6.07, 6.45) is -1.25. The first-order valence-corrected chi connectivity index (χ1v) is 8.05. The molecule has 0 radical (unpaired) electrons. The Labute approximate surface area is 146 Å². The Morgan fingerprint density at radius 1 is 1.40 bits per heavy atom. The summed E-state index contributed by atoms with van der Waals surface area (Å²) in [5.41, 5.74) is -1.24. The van der Waals surface area contributed by atoms with Crippen molar-refractivity contribution in [3.05, 3.63) is 51.4 Å². The van der Waals surface area contributed by atoms with Crippen LogP contribution >= 0.6 is 11.6 Å². The van der Waals surface area contributed by atoms with Crippen LogP contribution in [0.1, 0.15) is 18.4 Å². The van der Waals surface area contributed by atoms with Gasteiger partial charge in [0.2, 0.25) is 0 Å². The molecule has 1 aromatic carbocycles. The molecule has 9 heteroatoms. The van der Waals surface area contributed by atoms with E-state index in [0.717, 1.165) is 29.7 Å². The van der Waals surface area contributed by atoms with E-state index in [-0.39, 0.29) is 16.8 Å². The number of hydrogen-bond acceptors (Lipinski definition) is 4. The Hall–Kier alpha value is -2.06. The van der Waals surface area contributed by atoms with Crippen LogP contribution in [0.4, 0.5) is 18.9 Å². The van der Waals surface area contributed by atoms with E-state index in [1.807, 2.05) is 0 Å². The van der Waals surface area contributed by atoms with Crippen molar-refractivity contribution in [3.8, 4) is 5.69 Å². The Kier molecular flexibility index (Phi) is 5.01. The molecule has 1 fully saturated rings. The number of alkyl halides is 3. The fourth-order valence-electron chi connectivity index (χ4n) is 2.58. The van der Waals surface area contributed by atoms with E-state index in [0.29, 0.717) is 18.8 Å². The molecule has 0 aliphatic carbocycles. The number of nitrogens with one attached hydrogen (secondary N) is 1. The maximum Gasteiger partial charge on any atom is 0.416 e. The highest BCUT2D eigenvalue weighted by Crippen LogP contribution is 2.30. The first kappa shape index (κ1) is 17.8. The van der Waals surface area contributed by atoms with Gasteiger partial charge in [0.15, 0.2) is 0 Å². The molecule has 134 valence electrons. The summed E-state index contributed by atoms with van der Waals surface area (Å²) in [4.78, 5) is 12.4. The fourth-order valence-corrected chi connectivity index (χ4v) is 2.78. The number of halogens is 4. The van der Waals surface area contributed by atoms with E-state index in [1.165, 1.54) is 18.3 Å². The standard InChI is InChI=1S/C16H15ClF3N3O2/c17-14-13(21-8-12-5-2-6-25-12)9-22-23(15(14)24)11-4-1-3-10(7-11)16(18,19)20/h1,3-4,7,9,12,21H,2,5-6,8H2/t12-/m0/s1. The largest absolute Gasteiger partial charge is 0.416 e. The van der Waals surface area contributed by atoms with E-state index in [1.54, 1.807) is 0 Å². The average Bonchev–Trinajstić information content (AvgIpc) is 3.09. The Balaban J connectivity index is 1.86. The minimum Gasteiger partial charge on any atom is -0.380 e. The van der Waals surface area contributed by atoms with Gasteiger partial charge in [-0.3, -0.25) is 4.79 Å². The number of rotatable bonds is 4. The molecule has 25 heavy (non-hydrogen) atoms. The second-order valence-electron chi connectivity index (χ2n) is 5.65. The van der Waals surface area contributed by atoms with Gasteiger partial charge in [-0.25, -0.2) is 0 Å². The Bertz CT molecular complexity index is 817. The van der Waals surface area contributed by atoms with Gasteiger partial charge in [0, 0.05) is 13.2 Å². The molecular formula is C16H15ClF3N3O2. The normalized spacial score (nSPS) is 17.7. The molecule has 1 aliphatic rings. The van der Waals surface area contributed by atoms with Crippen molar-refractivity contribution in [1.29, 1.82) is 0 Å². The van der Waals surface area contributed by atoms with Crippen molar-refractivity contribution >= 4 is 17.3 Å². The summed E-state index contributed by atoms with van der Waals surface area (Å²) < 4.78 is 44.8. The predicted molar refractivity (Wildman–Crippen MR) is 87.3 cm³/mol. The predicted octanol–water partition coefficient (Wildman–Crippen LogP) is 3.50. The van der Waals surface area contributed by atoms with Gasteiger partial charge in [-0.15, -0.1) is 0 Å². The van der Waals surface area contributed by atoms with Crippen molar-refractivity contribution in [3.63, 3.8) is 0 Å². The zero-order valence-corrected chi connectivity index (χ0v) is 13.8. The third-order valence-corrected chi connectivity index (χ3v) is 4.25. The van der Waals surface area contributed by atoms with Crippen molar-refractivity contribution in [2.45, 2.75) is 25.1 Å². The number of hydrogen-bond donors (Lipinski definition) is 1. The lowest BCUT2D eigenvalue weighted by atomic mass is 10.2. The van der Waals surface area contributed by atoms with Crippen LogP contribution < -0.4 is 10.9 Å². The Morgan fingerprint density at radius 2 is 2.20 bits per heavy atom. The second kappa shape index (κ2) is 7.05. The molecule has 0 spiro atoms. The molecule has 0 amide bonds. The van der Waals surface area contributed by atoms with Gasteiger partial charge in [-0.2, -0.15) is 23.0 Å². The van der Waals surface area contributed by atoms with E-state index in [2.05, 4.69) is 10.4 Å². The number of ether oxygens (including phenoxy) is 1. The smallest absolute Gasteiger partial charge is 0.380 e. The van der Waals surface area contributed by atoms with Gasteiger partial charge in [-0.1, -0.05) is 17.7 Å². The van der Waals surface area contributed by atoms with Crippen LogP contribution in [0.2, 0.25) is 5.02 Å². The third kappa shape index (κ3) is 3.96. The van der Waals surface area contributed by atoms with E-state index < -0.39 is 17.3 Å². The zero-order chi connectivity index (χ0) is 18.0. The molecule has 2 heterocycles. The van der Waals surface area contributed by atoms with Gasteiger partial charge in [0.25, 0.3) is 5.56 Å². The first-order valence-electron chi connectivity index (χ1n) is 7.67. The van der Waals surface area contributed by atoms with Crippen LogP contribution in [0.25, 0.3) is 5.69 Å². The summed E-state index contributed by atoms with van der Waals surface area (Å²) in [5, 5.41) is 6.79. The minimum absolute atomic E-state index is 0.00704. The highest BCUT2D eigenvalue weighted by molar-refractivity contribution is 6.32. The van der Waals surface area contributed by atoms with Gasteiger partial charge in [-0.05, 0) is 31.0 Å². The summed E-state index contributed by atoms with van der Waals surface area (Å²) >= 11 is 6.06. The lowest BCUT2D eigenvalue weighted by Crippen LogP contribution is -2.25. The summed E-state index contributed by atoms with van der Waals surface area (Å²) in [6.45, 7) is 1.18. The van der Waals surface area contributed by atoms with E-state index in [9.17, 15) is 18.0 Å². The molecule has 0 unspecified atom stereocenters. The second-order valence-corrected chi connectivity index (χ2v) is 6.03. The number of nitrogens with zero attached hydrogens (tertiary/aromatic N) is 2. The van der Waals surface area contributed by atoms with Crippen molar-refractivity contribution in [1.82, 2.24) is 9.78 Å². The lowest BCUT2D eigenvalue weighted by Gasteiger charge is -2.14. The molecule has 1 aliphatic heterocycles. The van der Waals surface area contributed by atoms with E-state index in [4.69, 9.17) is 16.3 Å². The molecule has 1 saturated heterocycles. The fraction of sp³-hybridized carbons (Fsp3) is 0.375. The topological polar surface area (TPSA) is 56.1 Å². The van der Waals surface area contributed by atoms with Crippen LogP contribution in [0, 0.1) is 0 Å². The van der Waals surface area contributed by atoms with Crippen molar-refractivity contribution < 1.29 is 17.9 Å². The van der Waals surface area contributed by atoms with Crippen LogP contribution in [0.5, 0.6) is 0 Å². The molecule has 0 saturated carbocycles. The average molecular weight is 374 g/mol. The molecule has 0 bridgehead atoms. The van der Waals surface area contributed by atoms with E-state index >= 15 is 0 Å². The molecule has 1 atom stereocenters. The van der Waals surface area contributed by atoms with Gasteiger partial charge in [0.05, 0.1) is 29.2 Å². The summed E-state index contributed by atoms with van der Waals surface area (Å²) in [5.74, 6) is 0. The highest BCUT2D eigenvalue weighted by Gasteiger charge is 2.30. The van der Waals surface area contributed by atoms with Gasteiger partial charge < -0.3 is 10.1 Å². The van der Waals surface area contributed by atoms with Crippen LogP contribution in [0.15, 0.2) is 35.3 Å². The maximum atomic E-state index is 12.8. The summed E-state index contributed by atoms with van der Waals surface area (Å²) in [6, 6.07) is 4.35. The molecule has 1 N–H and O–H groups in total. The van der Waals surface area contributed by atoms with Crippen molar-refractivity contribution in [2.24, 2.45) is 0 Å². The SMILES string of the molecule is O=c1c(Cl)c(NC[C@@H]2CCCO2)cnn1-c1cccc(C(F)(F)F)c1. The molecule has 1 aromatic heterocycles. The maximum absolute atomic E-state index is 12.8. The first-order chi connectivity index (χ1) is 11.9. The number of benzene rings is 1. The zero-order valence-electron chi connectivity index (χ0n) is 13.0. The minimum atomic E-state index is -4.51. The Morgan fingerprint density at radius 3 is 2.88 bits per heavy atom. The van der Waals surface area contributed by atoms with Crippen LogP contribution in [-0.4, -0.2) is 29.0 Å². The monoisotopic (exact) mass is 373 g/mol. The summed E-state index contributed by atoms with van der Waals surface area (Å²) in [7, 11) is 0. The van der Waals surface area contributed by atoms with Crippen LogP contribution in [-0.2, 0) is 10.9 Å². The molecule has 2 aromatic rings. The van der Waals surface area contributed by atoms with Crippen molar-refractivity contribution in [2.75, 3.05) is 18.5 Å². The van der Waals surface area contributed by atoms with Gasteiger partial charge >= 0.3 is 6.18 Å².